The van der Waals surface area contributed by atoms with Crippen molar-refractivity contribution in [3.8, 4) is 0 Å². The normalized spacial score (nSPS) is 16.2. The van der Waals surface area contributed by atoms with Gasteiger partial charge in [-0.2, -0.15) is 0 Å². The Bertz CT molecular complexity index is 353. The van der Waals surface area contributed by atoms with Gasteiger partial charge in [-0.1, -0.05) is 26.3 Å². The first kappa shape index (κ1) is 18.5. The summed E-state index contributed by atoms with van der Waals surface area (Å²) in [6.07, 6.45) is 0. The van der Waals surface area contributed by atoms with E-state index >= 15 is 0 Å². The third-order valence-corrected chi connectivity index (χ3v) is 4.53. The van der Waals surface area contributed by atoms with Crippen LogP contribution in [0.3, 0.4) is 0 Å². The van der Waals surface area contributed by atoms with Crippen molar-refractivity contribution in [2.45, 2.75) is 34.6 Å². The summed E-state index contributed by atoms with van der Waals surface area (Å²) < 4.78 is 1.42. The van der Waals surface area contributed by atoms with Crippen LogP contribution in [0.25, 0.3) is 0 Å². The van der Waals surface area contributed by atoms with Gasteiger partial charge in [0.25, 0.3) is 0 Å². The summed E-state index contributed by atoms with van der Waals surface area (Å²) in [5, 5.41) is 0. The average Bonchev–Trinajstić information content (AvgIpc) is 2.37. The van der Waals surface area contributed by atoms with E-state index in [9.17, 15) is 0 Å². The van der Waals surface area contributed by atoms with Crippen molar-refractivity contribution < 1.29 is 18.3 Å². The Hall–Kier alpha value is -0.857. The van der Waals surface area contributed by atoms with E-state index < -0.39 is 0 Å². The molecular formula is C16H23Rh. The molecule has 0 aromatic heterocycles. The third-order valence-electron chi connectivity index (χ3n) is 2.90. The minimum absolute atomic E-state index is 0.265. The molecule has 0 spiro atoms. The standard InChI is InChI=1S/C10H15.2C3H4.Rh/c1-7-6-10(4,5)9(3)8(7)2;2*1-3-2;/h1-5H3;2*1-2H2;. The van der Waals surface area contributed by atoms with Gasteiger partial charge < -0.3 is 0 Å². The summed E-state index contributed by atoms with van der Waals surface area (Å²) >= 11 is 3.07. The van der Waals surface area contributed by atoms with Crippen LogP contribution in [-0.4, -0.2) is 0 Å². The van der Waals surface area contributed by atoms with Crippen LogP contribution < -0.4 is 0 Å². The van der Waals surface area contributed by atoms with E-state index in [2.05, 4.69) is 90.7 Å². The van der Waals surface area contributed by atoms with E-state index in [1.54, 1.807) is 0 Å². The molecule has 0 amide bonds. The number of rotatable bonds is 0. The molecule has 1 aliphatic carbocycles. The van der Waals surface area contributed by atoms with Gasteiger partial charge in [0.15, 0.2) is 0 Å². The Labute approximate surface area is 117 Å². The number of hydrogen-bond donors (Lipinski definition) is 0. The summed E-state index contributed by atoms with van der Waals surface area (Å²) in [6.45, 7) is 23.7. The minimum atomic E-state index is 0.265. The van der Waals surface area contributed by atoms with Gasteiger partial charge in [-0.3, -0.25) is 0 Å². The fourth-order valence-corrected chi connectivity index (χ4v) is 2.15. The molecule has 0 nitrogen and oxygen atoms in total. The van der Waals surface area contributed by atoms with Gasteiger partial charge in [-0.25, -0.2) is 0 Å². The summed E-state index contributed by atoms with van der Waals surface area (Å²) in [6, 6.07) is 0. The van der Waals surface area contributed by atoms with Crippen LogP contribution >= 0.6 is 0 Å². The first-order chi connectivity index (χ1) is 7.72. The molecule has 0 aromatic rings. The molecule has 0 atom stereocenters. The number of allylic oxidation sites excluding steroid dienone is 4. The van der Waals surface area contributed by atoms with Crippen LogP contribution in [-0.2, 0) is 18.3 Å². The molecule has 17 heavy (non-hydrogen) atoms. The van der Waals surface area contributed by atoms with Gasteiger partial charge in [-0.15, -0.1) is 11.5 Å². The molecule has 0 radical (unpaired) electrons. The molecular weight excluding hydrogens is 295 g/mol. The summed E-state index contributed by atoms with van der Waals surface area (Å²) in [5.41, 5.74) is 9.18. The van der Waals surface area contributed by atoms with Crippen LogP contribution in [0.4, 0.5) is 0 Å². The molecule has 0 saturated heterocycles. The fourth-order valence-electron chi connectivity index (χ4n) is 1.53. The van der Waals surface area contributed by atoms with Crippen LogP contribution in [0.2, 0.25) is 0 Å². The molecule has 0 aromatic carbocycles. The number of hydrogen-bond acceptors (Lipinski definition) is 0. The van der Waals surface area contributed by atoms with Crippen LogP contribution in [0.5, 0.6) is 0 Å². The van der Waals surface area contributed by atoms with Crippen molar-refractivity contribution in [3.63, 3.8) is 0 Å². The summed E-state index contributed by atoms with van der Waals surface area (Å²) in [4.78, 5) is 0. The first-order valence-corrected chi connectivity index (χ1v) is 6.15. The van der Waals surface area contributed by atoms with E-state index in [1.807, 2.05) is 0 Å². The molecule has 1 heteroatoms. The second-order valence-electron chi connectivity index (χ2n) is 4.29. The van der Waals surface area contributed by atoms with Crippen molar-refractivity contribution in [2.24, 2.45) is 5.41 Å². The molecule has 0 saturated carbocycles. The van der Waals surface area contributed by atoms with Gasteiger partial charge in [-0.05, 0) is 0 Å². The van der Waals surface area contributed by atoms with Gasteiger partial charge in [0, 0.05) is 0 Å². The second-order valence-corrected chi connectivity index (χ2v) is 5.11. The van der Waals surface area contributed by atoms with Crippen LogP contribution in [0.15, 0.2) is 58.7 Å². The molecule has 0 heterocycles. The molecule has 96 valence electrons. The zero-order chi connectivity index (χ0) is 14.2. The van der Waals surface area contributed by atoms with E-state index in [0.29, 0.717) is 0 Å². The van der Waals surface area contributed by atoms with Gasteiger partial charge in [0.05, 0.1) is 0 Å². The topological polar surface area (TPSA) is 0 Å². The van der Waals surface area contributed by atoms with E-state index in [1.165, 1.54) is 20.9 Å². The van der Waals surface area contributed by atoms with Gasteiger partial charge in [0.1, 0.15) is 0 Å². The van der Waals surface area contributed by atoms with Crippen LogP contribution in [0.1, 0.15) is 34.6 Å². The third kappa shape index (κ3) is 4.88. The monoisotopic (exact) mass is 318 g/mol. The molecule has 1 rings (SSSR count). The van der Waals surface area contributed by atoms with Crippen molar-refractivity contribution in [1.29, 1.82) is 0 Å². The van der Waals surface area contributed by atoms with E-state index in [-0.39, 0.29) is 5.41 Å². The zero-order valence-corrected chi connectivity index (χ0v) is 13.3. The van der Waals surface area contributed by atoms with Crippen molar-refractivity contribution in [2.75, 3.05) is 0 Å². The Balaban J connectivity index is 0. The Morgan fingerprint density at radius 3 is 1.24 bits per heavy atom. The Morgan fingerprint density at radius 2 is 1.18 bits per heavy atom. The first-order valence-electron chi connectivity index (χ1n) is 5.33. The van der Waals surface area contributed by atoms with E-state index in [0.717, 1.165) is 0 Å². The summed E-state index contributed by atoms with van der Waals surface area (Å²) in [5.74, 6) is 0. The zero-order valence-electron chi connectivity index (χ0n) is 11.7. The van der Waals surface area contributed by atoms with Gasteiger partial charge in [0.2, 0.25) is 0 Å². The average molecular weight is 318 g/mol. The maximum absolute atomic E-state index is 3.12. The second kappa shape index (κ2) is 8.27. The predicted molar refractivity (Wildman–Crippen MR) is 74.4 cm³/mol. The molecule has 0 bridgehead atoms. The quantitative estimate of drug-likeness (QED) is 0.431. The van der Waals surface area contributed by atoms with Crippen molar-refractivity contribution in [3.05, 3.63) is 58.7 Å². The van der Waals surface area contributed by atoms with Crippen LogP contribution in [0, 0.1) is 5.41 Å². The SMILES string of the molecule is C=C=C.C=C=C.CC1=C(C)C(C)(C)[C]([Rh])=C1C. The predicted octanol–water partition coefficient (Wildman–Crippen LogP) is 5.10. The fraction of sp³-hybridized carbons (Fsp3) is 0.375. The van der Waals surface area contributed by atoms with Crippen molar-refractivity contribution >= 4 is 0 Å². The molecule has 0 aliphatic heterocycles. The molecule has 0 N–H and O–H groups in total. The molecule has 1 aliphatic rings. The molecule has 0 fully saturated rings. The van der Waals surface area contributed by atoms with E-state index in [4.69, 9.17) is 0 Å². The summed E-state index contributed by atoms with van der Waals surface area (Å²) in [7, 11) is 0. The van der Waals surface area contributed by atoms with Gasteiger partial charge >= 0.3 is 79.2 Å². The van der Waals surface area contributed by atoms with Crippen molar-refractivity contribution in [1.82, 2.24) is 0 Å². The maximum atomic E-state index is 3.12. The molecule has 0 unspecified atom stereocenters. The Kier molecular flexibility index (Phi) is 9.00. The Morgan fingerprint density at radius 1 is 0.882 bits per heavy atom.